The lowest BCUT2D eigenvalue weighted by molar-refractivity contribution is 0.520. The lowest BCUT2D eigenvalue weighted by Gasteiger charge is -2.04. The number of unbranched alkanes of at least 4 members (excludes halogenated alkanes) is 42. The van der Waals surface area contributed by atoms with Gasteiger partial charge in [0.25, 0.3) is 0 Å². The molecule has 0 aromatic heterocycles. The SMILES string of the molecule is CCCCCCCCCCCCCCCCCCCCCCCC[P+](=S)CCCCCCCCCCCCCCCCCCCCCCCC. The second kappa shape index (κ2) is 47.5. The molecule has 0 N–H and O–H groups in total. The highest BCUT2D eigenvalue weighted by Gasteiger charge is 2.08. The Labute approximate surface area is 325 Å². The topological polar surface area (TPSA) is 0 Å². The van der Waals surface area contributed by atoms with Gasteiger partial charge < -0.3 is 0 Å². The molecule has 50 heavy (non-hydrogen) atoms. The van der Waals surface area contributed by atoms with Gasteiger partial charge in [0.1, 0.15) is 12.3 Å². The summed E-state index contributed by atoms with van der Waals surface area (Å²) < 4.78 is 0. The Morgan fingerprint density at radius 1 is 0.200 bits per heavy atom. The second-order valence-electron chi connectivity index (χ2n) is 16.8. The van der Waals surface area contributed by atoms with E-state index < -0.39 is 0 Å². The van der Waals surface area contributed by atoms with Crippen molar-refractivity contribution in [3.8, 4) is 0 Å². The lowest BCUT2D eigenvalue weighted by atomic mass is 10.0. The second-order valence-corrected chi connectivity index (χ2v) is 20.2. The first-order valence-electron chi connectivity index (χ1n) is 24.2. The van der Waals surface area contributed by atoms with E-state index in [0.717, 1.165) is 0 Å². The Morgan fingerprint density at radius 2 is 0.320 bits per heavy atom. The summed E-state index contributed by atoms with van der Waals surface area (Å²) in [6, 6.07) is 0. The molecule has 0 aromatic carbocycles. The maximum Gasteiger partial charge on any atom is 0.175 e. The van der Waals surface area contributed by atoms with Gasteiger partial charge in [-0.2, -0.15) is 0 Å². The molecule has 0 unspecified atom stereocenters. The van der Waals surface area contributed by atoms with Gasteiger partial charge in [-0.25, -0.2) is 0 Å². The van der Waals surface area contributed by atoms with Crippen LogP contribution < -0.4 is 0 Å². The first kappa shape index (κ1) is 50.5. The van der Waals surface area contributed by atoms with E-state index in [2.05, 4.69) is 13.8 Å². The molecule has 0 saturated carbocycles. The minimum absolute atomic E-state index is 0.0917. The van der Waals surface area contributed by atoms with E-state index >= 15 is 0 Å². The van der Waals surface area contributed by atoms with E-state index in [1.165, 1.54) is 295 Å². The molecule has 0 fully saturated rings. The quantitative estimate of drug-likeness (QED) is 0.0443. The molecule has 0 aliphatic rings. The van der Waals surface area contributed by atoms with Crippen molar-refractivity contribution in [2.75, 3.05) is 12.3 Å². The Kier molecular flexibility index (Phi) is 48.0. The fourth-order valence-electron chi connectivity index (χ4n) is 7.91. The monoisotopic (exact) mass is 738 g/mol. The zero-order chi connectivity index (χ0) is 36.1. The molecule has 0 radical (unpaired) electrons. The van der Waals surface area contributed by atoms with Crippen LogP contribution >= 0.6 is 6.70 Å². The molecule has 2 heteroatoms. The maximum atomic E-state index is 5.86. The molecule has 300 valence electrons. The average Bonchev–Trinajstić information content (AvgIpc) is 3.12. The lowest BCUT2D eigenvalue weighted by Crippen LogP contribution is -1.88. The summed E-state index contributed by atoms with van der Waals surface area (Å²) in [6.07, 6.45) is 67.4. The van der Waals surface area contributed by atoms with Crippen molar-refractivity contribution < 1.29 is 0 Å². The summed E-state index contributed by atoms with van der Waals surface area (Å²) >= 11 is 5.86. The molecule has 0 atom stereocenters. The van der Waals surface area contributed by atoms with Crippen molar-refractivity contribution in [1.82, 2.24) is 0 Å². The molecule has 0 amide bonds. The van der Waals surface area contributed by atoms with Gasteiger partial charge >= 0.3 is 0 Å². The highest BCUT2D eigenvalue weighted by atomic mass is 32.4. The zero-order valence-electron chi connectivity index (χ0n) is 35.4. The molecule has 0 spiro atoms. The molecule has 0 rings (SSSR count). The third-order valence-electron chi connectivity index (χ3n) is 11.5. The highest BCUT2D eigenvalue weighted by Crippen LogP contribution is 2.26. The fourth-order valence-corrected chi connectivity index (χ4v) is 10.1. The number of hydrogen-bond acceptors (Lipinski definition) is 1. The Hall–Kier alpha value is 0.520. The van der Waals surface area contributed by atoms with Crippen molar-refractivity contribution >= 4 is 18.5 Å². The first-order valence-corrected chi connectivity index (χ1v) is 27.0. The van der Waals surface area contributed by atoms with E-state index in [0.29, 0.717) is 0 Å². The van der Waals surface area contributed by atoms with Crippen LogP contribution in [0, 0.1) is 0 Å². The highest BCUT2D eigenvalue weighted by molar-refractivity contribution is 8.05. The zero-order valence-corrected chi connectivity index (χ0v) is 37.1. The molecule has 0 bridgehead atoms. The average molecular weight is 738 g/mol. The first-order chi connectivity index (χ1) is 24.8. The summed E-state index contributed by atoms with van der Waals surface area (Å²) in [5.74, 6) is 0. The molecule has 0 heterocycles. The van der Waals surface area contributed by atoms with Crippen LogP contribution in [0.15, 0.2) is 0 Å². The number of hydrogen-bond donors (Lipinski definition) is 0. The van der Waals surface area contributed by atoms with Crippen molar-refractivity contribution in [2.24, 2.45) is 0 Å². The summed E-state index contributed by atoms with van der Waals surface area (Å²) in [7, 11) is 0. The van der Waals surface area contributed by atoms with Gasteiger partial charge in [-0.1, -0.05) is 271 Å². The maximum absolute atomic E-state index is 5.86. The van der Waals surface area contributed by atoms with Crippen LogP contribution in [0.4, 0.5) is 0 Å². The molecular formula is C48H98PS+. The molecule has 0 saturated heterocycles. The summed E-state index contributed by atoms with van der Waals surface area (Å²) in [5.41, 5.74) is 0. The minimum atomic E-state index is -0.0917. The van der Waals surface area contributed by atoms with Crippen LogP contribution in [0.25, 0.3) is 0 Å². The summed E-state index contributed by atoms with van der Waals surface area (Å²) in [5, 5.41) is 0. The number of rotatable bonds is 46. The van der Waals surface area contributed by atoms with Crippen LogP contribution in [-0.4, -0.2) is 12.3 Å². The van der Waals surface area contributed by atoms with Gasteiger partial charge in [-0.05, 0) is 25.7 Å². The van der Waals surface area contributed by atoms with Gasteiger partial charge in [-0.3, -0.25) is 0 Å². The van der Waals surface area contributed by atoms with Crippen molar-refractivity contribution in [1.29, 1.82) is 0 Å². The molecule has 0 aliphatic carbocycles. The molecule has 0 nitrogen and oxygen atoms in total. The van der Waals surface area contributed by atoms with E-state index in [1.54, 1.807) is 0 Å². The van der Waals surface area contributed by atoms with Crippen molar-refractivity contribution in [2.45, 2.75) is 296 Å². The molecule has 0 aromatic rings. The van der Waals surface area contributed by atoms with Gasteiger partial charge in [0.05, 0.1) is 0 Å². The Balaban J connectivity index is 3.14. The largest absolute Gasteiger partial charge is 0.175 e. The third kappa shape index (κ3) is 46.5. The standard InChI is InChI=1S/C48H98PS/c1-3-5-7-9-11-13-15-17-19-21-23-25-27-29-31-33-35-37-39-41-43-45-47-49(50)48-46-44-42-40-38-36-34-32-30-28-26-24-22-20-18-16-14-12-10-8-6-4-2/h3-48H2,1-2H3/q+1. The van der Waals surface area contributed by atoms with E-state index in [-0.39, 0.29) is 6.70 Å². The van der Waals surface area contributed by atoms with Crippen LogP contribution in [0.5, 0.6) is 0 Å². The predicted octanol–water partition coefficient (Wildman–Crippen LogP) is 19.1. The van der Waals surface area contributed by atoms with E-state index in [1.807, 2.05) is 0 Å². The fraction of sp³-hybridized carbons (Fsp3) is 1.00. The van der Waals surface area contributed by atoms with Gasteiger partial charge in [0.15, 0.2) is 18.5 Å². The Bertz CT molecular complexity index is 553. The Morgan fingerprint density at radius 3 is 0.460 bits per heavy atom. The third-order valence-corrected chi connectivity index (χ3v) is 14.2. The summed E-state index contributed by atoms with van der Waals surface area (Å²) in [4.78, 5) is 0. The predicted molar refractivity (Wildman–Crippen MR) is 239 cm³/mol. The van der Waals surface area contributed by atoms with Crippen molar-refractivity contribution in [3.63, 3.8) is 0 Å². The van der Waals surface area contributed by atoms with Crippen LogP contribution in [-0.2, 0) is 11.8 Å². The van der Waals surface area contributed by atoms with Gasteiger partial charge in [0, 0.05) is 0 Å². The minimum Gasteiger partial charge on any atom is -0.0654 e. The van der Waals surface area contributed by atoms with E-state index in [9.17, 15) is 0 Å². The van der Waals surface area contributed by atoms with Crippen LogP contribution in [0.1, 0.15) is 296 Å². The normalized spacial score (nSPS) is 11.6. The van der Waals surface area contributed by atoms with Crippen molar-refractivity contribution in [3.05, 3.63) is 0 Å². The van der Waals surface area contributed by atoms with Gasteiger partial charge in [0.2, 0.25) is 0 Å². The summed E-state index contributed by atoms with van der Waals surface area (Å²) in [6.45, 7) is 4.53. The van der Waals surface area contributed by atoms with Gasteiger partial charge in [-0.15, -0.1) is 0 Å². The van der Waals surface area contributed by atoms with Crippen LogP contribution in [0.3, 0.4) is 0 Å². The smallest absolute Gasteiger partial charge is 0.0654 e. The van der Waals surface area contributed by atoms with E-state index in [4.69, 9.17) is 11.8 Å². The molecular weight excluding hydrogens is 640 g/mol. The van der Waals surface area contributed by atoms with Crippen LogP contribution in [0.2, 0.25) is 0 Å². The molecule has 0 aliphatic heterocycles.